The van der Waals surface area contributed by atoms with Crippen molar-refractivity contribution in [3.8, 4) is 0 Å². The van der Waals surface area contributed by atoms with Gasteiger partial charge < -0.3 is 10.1 Å². The van der Waals surface area contributed by atoms with Crippen molar-refractivity contribution in [2.24, 2.45) is 0 Å². The first-order chi connectivity index (χ1) is 14.1. The molecule has 0 fully saturated rings. The Morgan fingerprint density at radius 3 is 2.39 bits per heavy atom. The Bertz CT molecular complexity index is 1120. The fraction of sp³-hybridized carbons (Fsp3) is 0.421. The van der Waals surface area contributed by atoms with Crippen LogP contribution in [0.15, 0.2) is 12.1 Å². The summed E-state index contributed by atoms with van der Waals surface area (Å²) >= 11 is 18.8. The number of carbonyl (C=O) groups excluding carboxylic acids is 1. The van der Waals surface area contributed by atoms with Crippen molar-refractivity contribution in [1.82, 2.24) is 9.97 Å². The first kappa shape index (κ1) is 25.6. The van der Waals surface area contributed by atoms with Gasteiger partial charge in [-0.05, 0) is 53.2 Å². The van der Waals surface area contributed by atoms with Gasteiger partial charge in [0, 0.05) is 5.56 Å². The van der Waals surface area contributed by atoms with E-state index in [1.165, 1.54) is 19.1 Å². The highest BCUT2D eigenvalue weighted by Crippen LogP contribution is 2.36. The predicted molar refractivity (Wildman–Crippen MR) is 121 cm³/mol. The van der Waals surface area contributed by atoms with Gasteiger partial charge >= 0.3 is 5.97 Å². The second-order valence-electron chi connectivity index (χ2n) is 7.83. The van der Waals surface area contributed by atoms with Crippen LogP contribution in [-0.4, -0.2) is 39.8 Å². The molecule has 0 saturated carbocycles. The molecule has 1 aromatic carbocycles. The van der Waals surface area contributed by atoms with Crippen LogP contribution in [0.1, 0.15) is 49.4 Å². The van der Waals surface area contributed by atoms with E-state index < -0.39 is 26.9 Å². The number of carbonyl (C=O) groups is 1. The number of rotatable bonds is 6. The van der Waals surface area contributed by atoms with Gasteiger partial charge in [-0.25, -0.2) is 14.8 Å². The number of benzene rings is 1. The van der Waals surface area contributed by atoms with Gasteiger partial charge in [0.05, 0.1) is 26.5 Å². The first-order valence-corrected chi connectivity index (χ1v) is 11.7. The number of nitrogens with one attached hydrogen (secondary N) is 1. The third kappa shape index (κ3) is 6.66. The van der Waals surface area contributed by atoms with Crippen LogP contribution in [-0.2, 0) is 21.3 Å². The Morgan fingerprint density at radius 1 is 1.23 bits per heavy atom. The van der Waals surface area contributed by atoms with Gasteiger partial charge in [0.15, 0.2) is 0 Å². The number of aryl methyl sites for hydroxylation is 1. The topological polar surface area (TPSA) is 118 Å². The molecule has 170 valence electrons. The second kappa shape index (κ2) is 9.46. The summed E-state index contributed by atoms with van der Waals surface area (Å²) in [6.07, 6.45) is -0.162. The predicted octanol–water partition coefficient (Wildman–Crippen LogP) is 5.26. The van der Waals surface area contributed by atoms with Gasteiger partial charge in [-0.2, -0.15) is 8.42 Å². The molecule has 12 heteroatoms. The van der Waals surface area contributed by atoms with E-state index in [0.717, 1.165) is 0 Å². The van der Waals surface area contributed by atoms with Crippen LogP contribution in [0.3, 0.4) is 0 Å². The molecule has 2 aromatic rings. The van der Waals surface area contributed by atoms with Crippen LogP contribution >= 0.6 is 34.8 Å². The number of hydrogen-bond donors (Lipinski definition) is 2. The van der Waals surface area contributed by atoms with E-state index >= 15 is 0 Å². The van der Waals surface area contributed by atoms with Gasteiger partial charge in [-0.3, -0.25) is 4.55 Å². The minimum absolute atomic E-state index is 0.0112. The SMILES string of the molecule is Cc1nc(Cl)c(CC(C)S(=O)(=O)O)c(Nc2ccc(Cl)c(C(=O)OC(C)(C)C)c2Cl)n1. The highest BCUT2D eigenvalue weighted by Gasteiger charge is 2.26. The van der Waals surface area contributed by atoms with Crippen molar-refractivity contribution in [2.75, 3.05) is 5.32 Å². The zero-order valence-electron chi connectivity index (χ0n) is 17.5. The molecule has 0 saturated heterocycles. The molecule has 1 heterocycles. The molecule has 0 aliphatic rings. The lowest BCUT2D eigenvalue weighted by Gasteiger charge is -2.21. The summed E-state index contributed by atoms with van der Waals surface area (Å²) in [7, 11) is -4.31. The van der Waals surface area contributed by atoms with Crippen LogP contribution < -0.4 is 5.32 Å². The molecule has 1 unspecified atom stereocenters. The fourth-order valence-electron chi connectivity index (χ4n) is 2.53. The molecule has 0 aliphatic carbocycles. The third-order valence-corrected chi connectivity index (χ3v) is 6.22. The summed E-state index contributed by atoms with van der Waals surface area (Å²) in [5, 5.41) is 1.90. The van der Waals surface area contributed by atoms with Crippen molar-refractivity contribution < 1.29 is 22.5 Å². The lowest BCUT2D eigenvalue weighted by Crippen LogP contribution is -2.24. The zero-order chi connectivity index (χ0) is 23.7. The third-order valence-electron chi connectivity index (χ3n) is 4.02. The maximum atomic E-state index is 12.6. The highest BCUT2D eigenvalue weighted by atomic mass is 35.5. The normalized spacial score (nSPS) is 13.1. The Morgan fingerprint density at radius 2 is 1.84 bits per heavy atom. The Hall–Kier alpha value is -1.65. The molecular formula is C19H22Cl3N3O5S. The standard InChI is InChI=1S/C19H22Cl3N3O5S/c1-9(31(27,28)29)8-11-16(22)23-10(2)24-17(11)25-13-7-6-12(20)14(15(13)21)18(26)30-19(3,4)5/h6-7,9H,8H2,1-5H3,(H,23,24,25)(H,27,28,29). The fourth-order valence-corrected chi connectivity index (χ4v) is 3.77. The molecule has 0 spiro atoms. The van der Waals surface area contributed by atoms with E-state index in [1.54, 1.807) is 27.7 Å². The Kier molecular flexibility index (Phi) is 7.81. The molecule has 8 nitrogen and oxygen atoms in total. The molecule has 1 aromatic heterocycles. The van der Waals surface area contributed by atoms with Crippen molar-refractivity contribution >= 4 is 62.4 Å². The summed E-state index contributed by atoms with van der Waals surface area (Å²) in [6.45, 7) is 8.06. The molecular weight excluding hydrogens is 489 g/mol. The van der Waals surface area contributed by atoms with Crippen molar-refractivity contribution in [3.63, 3.8) is 0 Å². The molecule has 31 heavy (non-hydrogen) atoms. The number of aromatic nitrogens is 2. The minimum atomic E-state index is -4.31. The van der Waals surface area contributed by atoms with Crippen molar-refractivity contribution in [3.05, 3.63) is 44.3 Å². The second-order valence-corrected chi connectivity index (χ2v) is 10.8. The molecule has 0 bridgehead atoms. The molecule has 0 radical (unpaired) electrons. The van der Waals surface area contributed by atoms with Crippen LogP contribution in [0.5, 0.6) is 0 Å². The van der Waals surface area contributed by atoms with E-state index in [9.17, 15) is 17.8 Å². The van der Waals surface area contributed by atoms with Gasteiger partial charge in [0.1, 0.15) is 22.4 Å². The van der Waals surface area contributed by atoms with Gasteiger partial charge in [-0.1, -0.05) is 34.8 Å². The van der Waals surface area contributed by atoms with Crippen LogP contribution in [0.4, 0.5) is 11.5 Å². The van der Waals surface area contributed by atoms with Gasteiger partial charge in [0.25, 0.3) is 10.1 Å². The Labute approximate surface area is 196 Å². The number of halogens is 3. The average molecular weight is 511 g/mol. The zero-order valence-corrected chi connectivity index (χ0v) is 20.5. The lowest BCUT2D eigenvalue weighted by molar-refractivity contribution is 0.00699. The average Bonchev–Trinajstić information content (AvgIpc) is 2.57. The molecule has 2 rings (SSSR count). The van der Waals surface area contributed by atoms with Crippen molar-refractivity contribution in [1.29, 1.82) is 0 Å². The number of ether oxygens (including phenoxy) is 1. The summed E-state index contributed by atoms with van der Waals surface area (Å²) in [4.78, 5) is 20.9. The smallest absolute Gasteiger partial charge is 0.341 e. The number of nitrogens with zero attached hydrogens (tertiary/aromatic N) is 2. The number of anilines is 2. The van der Waals surface area contributed by atoms with Gasteiger partial charge in [-0.15, -0.1) is 0 Å². The first-order valence-electron chi connectivity index (χ1n) is 9.08. The minimum Gasteiger partial charge on any atom is -0.456 e. The van der Waals surface area contributed by atoms with Crippen LogP contribution in [0.25, 0.3) is 0 Å². The number of hydrogen-bond acceptors (Lipinski definition) is 7. The van der Waals surface area contributed by atoms with Crippen molar-refractivity contribution in [2.45, 2.75) is 51.9 Å². The van der Waals surface area contributed by atoms with E-state index in [0.29, 0.717) is 5.82 Å². The lowest BCUT2D eigenvalue weighted by atomic mass is 10.1. The maximum Gasteiger partial charge on any atom is 0.341 e. The van der Waals surface area contributed by atoms with Crippen LogP contribution in [0.2, 0.25) is 15.2 Å². The quantitative estimate of drug-likeness (QED) is 0.307. The van der Waals surface area contributed by atoms with Gasteiger partial charge in [0.2, 0.25) is 0 Å². The van der Waals surface area contributed by atoms with E-state index in [-0.39, 0.29) is 44.3 Å². The molecule has 0 amide bonds. The molecule has 1 atom stereocenters. The maximum absolute atomic E-state index is 12.6. The van der Waals surface area contributed by atoms with E-state index in [1.807, 2.05) is 0 Å². The number of esters is 1. The summed E-state index contributed by atoms with van der Waals surface area (Å²) in [5.74, 6) is -0.219. The highest BCUT2D eigenvalue weighted by molar-refractivity contribution is 7.86. The molecule has 2 N–H and O–H groups in total. The van der Waals surface area contributed by atoms with Crippen LogP contribution in [0, 0.1) is 6.92 Å². The monoisotopic (exact) mass is 509 g/mol. The Balaban J connectivity index is 2.52. The summed E-state index contributed by atoms with van der Waals surface area (Å²) in [5.41, 5.74) is -0.277. The van der Waals surface area contributed by atoms with E-state index in [4.69, 9.17) is 39.5 Å². The summed E-state index contributed by atoms with van der Waals surface area (Å²) < 4.78 is 37.6. The van der Waals surface area contributed by atoms with E-state index in [2.05, 4.69) is 15.3 Å². The summed E-state index contributed by atoms with van der Waals surface area (Å²) in [6, 6.07) is 2.99. The largest absolute Gasteiger partial charge is 0.456 e. The molecule has 0 aliphatic heterocycles.